The first kappa shape index (κ1) is 25.0. The molecule has 12 heteroatoms. The zero-order valence-corrected chi connectivity index (χ0v) is 21.7. The average molecular weight is 517 g/mol. The van der Waals surface area contributed by atoms with Crippen LogP contribution in [0, 0.1) is 13.8 Å². The van der Waals surface area contributed by atoms with Crippen molar-refractivity contribution < 1.29 is 17.9 Å². The predicted molar refractivity (Wildman–Crippen MR) is 135 cm³/mol. The lowest BCUT2D eigenvalue weighted by Crippen LogP contribution is -2.32. The summed E-state index contributed by atoms with van der Waals surface area (Å²) in [6.07, 6.45) is 4.97. The van der Waals surface area contributed by atoms with Crippen molar-refractivity contribution >= 4 is 33.6 Å². The molecule has 0 bridgehead atoms. The van der Waals surface area contributed by atoms with Crippen LogP contribution in [0.4, 0.5) is 5.95 Å². The van der Waals surface area contributed by atoms with Crippen molar-refractivity contribution in [2.24, 2.45) is 7.05 Å². The number of anilines is 1. The molecule has 0 aliphatic carbocycles. The maximum Gasteiger partial charge on any atom is 0.267 e. The smallest absolute Gasteiger partial charge is 0.267 e. The summed E-state index contributed by atoms with van der Waals surface area (Å²) in [5.74, 6) is 0.646. The number of sulfonamides is 1. The van der Waals surface area contributed by atoms with Gasteiger partial charge in [-0.05, 0) is 31.2 Å². The van der Waals surface area contributed by atoms with Crippen molar-refractivity contribution in [2.75, 3.05) is 29.8 Å². The molecule has 3 heterocycles. The van der Waals surface area contributed by atoms with Crippen LogP contribution in [0.5, 0.6) is 5.88 Å². The van der Waals surface area contributed by atoms with Crippen molar-refractivity contribution in [3.8, 4) is 17.1 Å². The Balaban J connectivity index is 1.66. The number of hydrogen-bond donors (Lipinski definition) is 1. The minimum absolute atomic E-state index is 0.00212. The maximum atomic E-state index is 12.9. The number of nitrogens with zero attached hydrogens (tertiary/aromatic N) is 5. The third kappa shape index (κ3) is 5.76. The summed E-state index contributed by atoms with van der Waals surface area (Å²) in [6.45, 7) is 5.01. The highest BCUT2D eigenvalue weighted by Gasteiger charge is 2.28. The molecule has 1 aliphatic rings. The van der Waals surface area contributed by atoms with Crippen LogP contribution >= 0.6 is 11.8 Å². The van der Waals surface area contributed by atoms with Crippen LogP contribution in [0.15, 0.2) is 41.6 Å². The molecule has 1 amide bonds. The van der Waals surface area contributed by atoms with Gasteiger partial charge in [-0.15, -0.1) is 0 Å². The lowest BCUT2D eigenvalue weighted by atomic mass is 10.00. The van der Waals surface area contributed by atoms with Gasteiger partial charge in [-0.25, -0.2) is 18.1 Å². The van der Waals surface area contributed by atoms with Crippen LogP contribution in [0.3, 0.4) is 0 Å². The number of amides is 1. The van der Waals surface area contributed by atoms with Crippen molar-refractivity contribution in [1.29, 1.82) is 0 Å². The summed E-state index contributed by atoms with van der Waals surface area (Å²) in [4.78, 5) is 22.9. The van der Waals surface area contributed by atoms with Gasteiger partial charge >= 0.3 is 0 Å². The van der Waals surface area contributed by atoms with E-state index in [1.54, 1.807) is 18.0 Å². The summed E-state index contributed by atoms with van der Waals surface area (Å²) in [7, 11) is -2.31. The predicted octanol–water partition coefficient (Wildman–Crippen LogP) is 2.64. The largest absolute Gasteiger partial charge is 0.472 e. The van der Waals surface area contributed by atoms with Gasteiger partial charge in [0.15, 0.2) is 0 Å². The molecule has 1 aliphatic heterocycles. The Morgan fingerprint density at radius 2 is 2.00 bits per heavy atom. The van der Waals surface area contributed by atoms with Gasteiger partial charge in [0.1, 0.15) is 11.0 Å². The number of thioether (sulfide) groups is 1. The van der Waals surface area contributed by atoms with Gasteiger partial charge in [0.25, 0.3) is 10.0 Å². The highest BCUT2D eigenvalue weighted by molar-refractivity contribution is 7.99. The molecule has 1 N–H and O–H groups in total. The Labute approximate surface area is 209 Å². The molecule has 1 atom stereocenters. The van der Waals surface area contributed by atoms with Crippen LogP contribution in [-0.4, -0.2) is 70.2 Å². The van der Waals surface area contributed by atoms with Gasteiger partial charge in [-0.2, -0.15) is 21.8 Å². The highest BCUT2D eigenvalue weighted by Crippen LogP contribution is 2.30. The molecule has 35 heavy (non-hydrogen) atoms. The van der Waals surface area contributed by atoms with E-state index >= 15 is 0 Å². The molecule has 1 saturated heterocycles. The second kappa shape index (κ2) is 10.2. The Kier molecular flexibility index (Phi) is 7.31. The van der Waals surface area contributed by atoms with Gasteiger partial charge < -0.3 is 9.64 Å². The second-order valence-corrected chi connectivity index (χ2v) is 11.0. The molecule has 4 rings (SSSR count). The molecular weight excluding hydrogens is 488 g/mol. The first-order chi connectivity index (χ1) is 16.7. The highest BCUT2D eigenvalue weighted by atomic mass is 32.2. The maximum absolute atomic E-state index is 12.9. The summed E-state index contributed by atoms with van der Waals surface area (Å²) in [6, 6.07) is 7.61. The molecular formula is C23H28N6O4S2. The fourth-order valence-electron chi connectivity index (χ4n) is 4.03. The normalized spacial score (nSPS) is 15.9. The van der Waals surface area contributed by atoms with Crippen molar-refractivity contribution in [2.45, 2.75) is 31.3 Å². The van der Waals surface area contributed by atoms with E-state index in [0.29, 0.717) is 31.0 Å². The molecule has 0 saturated carbocycles. The Morgan fingerprint density at radius 1 is 1.26 bits per heavy atom. The summed E-state index contributed by atoms with van der Waals surface area (Å²) >= 11 is 1.49. The number of aromatic nitrogens is 4. The van der Waals surface area contributed by atoms with E-state index in [4.69, 9.17) is 4.74 Å². The molecule has 0 spiro atoms. The van der Waals surface area contributed by atoms with Crippen molar-refractivity contribution in [3.05, 3.63) is 47.8 Å². The van der Waals surface area contributed by atoms with Gasteiger partial charge in [0.05, 0.1) is 24.2 Å². The average Bonchev–Trinajstić information content (AvgIpc) is 3.43. The van der Waals surface area contributed by atoms with Crippen molar-refractivity contribution in [3.63, 3.8) is 0 Å². The number of nitrogens with one attached hydrogen (secondary N) is 1. The van der Waals surface area contributed by atoms with Crippen LogP contribution in [0.1, 0.15) is 17.5 Å². The molecule has 1 aromatic carbocycles. The van der Waals surface area contributed by atoms with Crippen molar-refractivity contribution in [1.82, 2.24) is 24.6 Å². The zero-order chi connectivity index (χ0) is 25.2. The number of carbonyl (C=O) groups excluding carboxylic acids is 1. The molecule has 1 fully saturated rings. The summed E-state index contributed by atoms with van der Waals surface area (Å²) < 4.78 is 35.8. The topological polar surface area (TPSA) is 119 Å². The number of aryl methyl sites for hydroxylation is 3. The first-order valence-electron chi connectivity index (χ1n) is 11.1. The third-order valence-corrected chi connectivity index (χ3v) is 7.53. The van der Waals surface area contributed by atoms with Crippen LogP contribution < -0.4 is 9.46 Å². The van der Waals surface area contributed by atoms with Gasteiger partial charge in [0, 0.05) is 37.8 Å². The third-order valence-electron chi connectivity index (χ3n) is 5.71. The van der Waals surface area contributed by atoms with Crippen LogP contribution in [-0.2, 0) is 21.9 Å². The van der Waals surface area contributed by atoms with Crippen LogP contribution in [0.25, 0.3) is 11.3 Å². The number of benzene rings is 1. The molecule has 2 aromatic heterocycles. The number of hydrogen-bond acceptors (Lipinski definition) is 8. The Hall–Kier alpha value is -3.12. The minimum atomic E-state index is -3.95. The quantitative estimate of drug-likeness (QED) is 0.485. The molecule has 10 nitrogen and oxygen atoms in total. The van der Waals surface area contributed by atoms with E-state index in [2.05, 4.69) is 19.8 Å². The number of likely N-dealkylation sites (tertiary alicyclic amines) is 1. The van der Waals surface area contributed by atoms with E-state index in [1.165, 1.54) is 28.8 Å². The van der Waals surface area contributed by atoms with Crippen LogP contribution in [0.2, 0.25) is 0 Å². The second-order valence-electron chi connectivity index (χ2n) is 8.44. The molecule has 1 unspecified atom stereocenters. The molecule has 186 valence electrons. The monoisotopic (exact) mass is 516 g/mol. The Bertz CT molecular complexity index is 1320. The van der Waals surface area contributed by atoms with E-state index in [-0.39, 0.29) is 28.7 Å². The number of carbonyl (C=O) groups is 1. The van der Waals surface area contributed by atoms with E-state index in [9.17, 15) is 13.2 Å². The summed E-state index contributed by atoms with van der Waals surface area (Å²) in [5.41, 5.74) is 3.41. The fraction of sp³-hybridized carbons (Fsp3) is 0.391. The van der Waals surface area contributed by atoms with E-state index < -0.39 is 10.0 Å². The van der Waals surface area contributed by atoms with E-state index in [0.717, 1.165) is 16.7 Å². The Morgan fingerprint density at radius 3 is 2.66 bits per heavy atom. The summed E-state index contributed by atoms with van der Waals surface area (Å²) in [5, 5.41) is 3.93. The minimum Gasteiger partial charge on any atom is -0.472 e. The van der Waals surface area contributed by atoms with Gasteiger partial charge in [-0.3, -0.25) is 9.48 Å². The zero-order valence-electron chi connectivity index (χ0n) is 20.1. The van der Waals surface area contributed by atoms with Gasteiger partial charge in [-0.1, -0.05) is 18.2 Å². The van der Waals surface area contributed by atoms with E-state index in [1.807, 2.05) is 38.3 Å². The van der Waals surface area contributed by atoms with Gasteiger partial charge in [0.2, 0.25) is 17.7 Å². The number of ether oxygens (including phenoxy) is 1. The lowest BCUT2D eigenvalue weighted by Gasteiger charge is -2.18. The lowest BCUT2D eigenvalue weighted by molar-refractivity contribution is -0.127. The standard InChI is InChI=1S/C23H28N6O4S2/c1-15-6-5-7-16(2)22(15)19-10-20(33-17-8-9-29(12-17)21(30)14-34-4)26-23(25-19)27-35(31,32)18-11-24-28(3)13-18/h5-7,10-11,13,17H,8-9,12,14H2,1-4H3,(H,25,26,27). The molecule has 0 radical (unpaired) electrons. The fourth-order valence-corrected chi connectivity index (χ4v) is 5.39. The molecule has 3 aromatic rings. The SMILES string of the molecule is CSCC(=O)N1CCC(Oc2cc(-c3c(C)cccc3C)nc(NS(=O)(=O)c3cnn(C)c3)n2)C1. The first-order valence-corrected chi connectivity index (χ1v) is 13.9. The number of rotatable bonds is 8.